The highest BCUT2D eigenvalue weighted by Gasteiger charge is 2.23. The number of thioether (sulfide) groups is 1. The second kappa shape index (κ2) is 5.39. The Morgan fingerprint density at radius 3 is 2.62 bits per heavy atom. The molecule has 3 nitrogen and oxygen atoms in total. The highest BCUT2D eigenvalue weighted by atomic mass is 79.9. The van der Waals surface area contributed by atoms with E-state index in [4.69, 9.17) is 0 Å². The Hall–Kier alpha value is 0.440. The zero-order valence-corrected chi connectivity index (χ0v) is 13.3. The molecule has 92 valence electrons. The molecule has 16 heavy (non-hydrogen) atoms. The lowest BCUT2D eigenvalue weighted by atomic mass is 10.2. The van der Waals surface area contributed by atoms with E-state index in [1.807, 2.05) is 20.1 Å². The minimum atomic E-state index is -3.38. The fraction of sp³-hybridized carbons (Fsp3) is 0.556. The van der Waals surface area contributed by atoms with Crippen LogP contribution in [0, 0.1) is 0 Å². The number of nitrogens with one attached hydrogen (secondary N) is 1. The Balaban J connectivity index is 2.79. The van der Waals surface area contributed by atoms with E-state index in [9.17, 15) is 8.42 Å². The van der Waals surface area contributed by atoms with E-state index in [-0.39, 0.29) is 4.75 Å². The number of hydrogen-bond acceptors (Lipinski definition) is 4. The summed E-state index contributed by atoms with van der Waals surface area (Å²) in [6, 6.07) is 1.74. The predicted octanol–water partition coefficient (Wildman–Crippen LogP) is 2.93. The summed E-state index contributed by atoms with van der Waals surface area (Å²) in [6.45, 7) is 4.42. The molecule has 1 rings (SSSR count). The van der Waals surface area contributed by atoms with Gasteiger partial charge in [-0.1, -0.05) is 0 Å². The van der Waals surface area contributed by atoms with Gasteiger partial charge in [0.2, 0.25) is 0 Å². The summed E-state index contributed by atoms with van der Waals surface area (Å²) in [4.78, 5) is 0. The Bertz CT molecular complexity index is 453. The first kappa shape index (κ1) is 14.5. The van der Waals surface area contributed by atoms with Crippen LogP contribution in [-0.4, -0.2) is 26.0 Å². The zero-order valence-electron chi connectivity index (χ0n) is 9.28. The SMILES string of the molecule is CSC(C)(C)CNS(=O)(=O)c1sccc1Br. The van der Waals surface area contributed by atoms with Crippen molar-refractivity contribution in [2.24, 2.45) is 0 Å². The number of halogens is 1. The highest BCUT2D eigenvalue weighted by Crippen LogP contribution is 2.28. The fourth-order valence-electron chi connectivity index (χ4n) is 0.878. The number of thiophene rings is 1. The standard InChI is InChI=1S/C9H14BrNO2S3/c1-9(2,14-3)6-11-16(12,13)8-7(10)4-5-15-8/h4-5,11H,6H2,1-3H3. The molecule has 0 bridgehead atoms. The third kappa shape index (κ3) is 3.73. The Labute approximate surface area is 113 Å². The number of hydrogen-bond donors (Lipinski definition) is 1. The molecule has 1 aromatic rings. The maximum Gasteiger partial charge on any atom is 0.251 e. The van der Waals surface area contributed by atoms with Gasteiger partial charge in [-0.3, -0.25) is 0 Å². The van der Waals surface area contributed by atoms with Gasteiger partial charge >= 0.3 is 0 Å². The smallest absolute Gasteiger partial charge is 0.209 e. The molecule has 0 aliphatic heterocycles. The summed E-state index contributed by atoms with van der Waals surface area (Å²) in [5, 5.41) is 1.75. The van der Waals surface area contributed by atoms with Crippen LogP contribution in [-0.2, 0) is 10.0 Å². The quantitative estimate of drug-likeness (QED) is 0.893. The van der Waals surface area contributed by atoms with Crippen LogP contribution >= 0.6 is 39.0 Å². The van der Waals surface area contributed by atoms with Crippen molar-refractivity contribution in [3.8, 4) is 0 Å². The van der Waals surface area contributed by atoms with Gasteiger partial charge in [0.05, 0.1) is 0 Å². The average Bonchev–Trinajstić information content (AvgIpc) is 2.63. The molecule has 0 aromatic carbocycles. The van der Waals surface area contributed by atoms with Crippen LogP contribution in [0.1, 0.15) is 13.8 Å². The van der Waals surface area contributed by atoms with Gasteiger partial charge in [0.15, 0.2) is 0 Å². The van der Waals surface area contributed by atoms with E-state index in [1.165, 1.54) is 11.3 Å². The lowest BCUT2D eigenvalue weighted by molar-refractivity contribution is 0.572. The summed E-state index contributed by atoms with van der Waals surface area (Å²) in [7, 11) is -3.38. The molecule has 0 aliphatic rings. The third-order valence-electron chi connectivity index (χ3n) is 2.07. The minimum absolute atomic E-state index is 0.100. The van der Waals surface area contributed by atoms with Gasteiger partial charge < -0.3 is 0 Å². The third-order valence-corrected chi connectivity index (χ3v) is 7.39. The van der Waals surface area contributed by atoms with Crippen LogP contribution in [0.4, 0.5) is 0 Å². The first-order chi connectivity index (χ1) is 7.28. The predicted molar refractivity (Wildman–Crippen MR) is 74.8 cm³/mol. The molecule has 1 N–H and O–H groups in total. The molecule has 0 fully saturated rings. The van der Waals surface area contributed by atoms with Crippen LogP contribution in [0.25, 0.3) is 0 Å². The summed E-state index contributed by atoms with van der Waals surface area (Å²) >= 11 is 6.07. The van der Waals surface area contributed by atoms with Crippen molar-refractivity contribution in [1.29, 1.82) is 0 Å². The minimum Gasteiger partial charge on any atom is -0.209 e. The number of rotatable bonds is 5. The first-order valence-corrected chi connectivity index (χ1v) is 8.94. The molecule has 0 saturated heterocycles. The normalized spacial score (nSPS) is 13.0. The monoisotopic (exact) mass is 343 g/mol. The van der Waals surface area contributed by atoms with Crippen LogP contribution in [0.15, 0.2) is 20.1 Å². The van der Waals surface area contributed by atoms with Crippen molar-refractivity contribution >= 4 is 49.1 Å². The second-order valence-corrected chi connectivity index (χ2v) is 9.09. The first-order valence-electron chi connectivity index (χ1n) is 4.56. The summed E-state index contributed by atoms with van der Waals surface area (Å²) < 4.78 is 27.4. The van der Waals surface area contributed by atoms with Gasteiger partial charge in [-0.05, 0) is 47.5 Å². The van der Waals surface area contributed by atoms with Crippen molar-refractivity contribution in [1.82, 2.24) is 4.72 Å². The maximum absolute atomic E-state index is 11.9. The maximum atomic E-state index is 11.9. The van der Waals surface area contributed by atoms with Crippen LogP contribution in [0.3, 0.4) is 0 Å². The van der Waals surface area contributed by atoms with Crippen molar-refractivity contribution in [3.63, 3.8) is 0 Å². The summed E-state index contributed by atoms with van der Waals surface area (Å²) in [5.41, 5.74) is 0. The van der Waals surface area contributed by atoms with E-state index < -0.39 is 10.0 Å². The summed E-state index contributed by atoms with van der Waals surface area (Å²) in [5.74, 6) is 0. The zero-order chi connectivity index (χ0) is 12.4. The van der Waals surface area contributed by atoms with E-state index in [0.29, 0.717) is 15.2 Å². The van der Waals surface area contributed by atoms with E-state index in [2.05, 4.69) is 20.7 Å². The van der Waals surface area contributed by atoms with Crippen molar-refractivity contribution < 1.29 is 8.42 Å². The average molecular weight is 344 g/mol. The van der Waals surface area contributed by atoms with E-state index >= 15 is 0 Å². The topological polar surface area (TPSA) is 46.2 Å². The van der Waals surface area contributed by atoms with Gasteiger partial charge in [0.25, 0.3) is 10.0 Å². The largest absolute Gasteiger partial charge is 0.251 e. The molecule has 1 aromatic heterocycles. The Morgan fingerprint density at radius 1 is 1.56 bits per heavy atom. The van der Waals surface area contributed by atoms with Gasteiger partial charge in [-0.2, -0.15) is 11.8 Å². The molecule has 0 unspecified atom stereocenters. The molecular formula is C9H14BrNO2S3. The van der Waals surface area contributed by atoms with E-state index in [1.54, 1.807) is 23.2 Å². The molecule has 0 aliphatic carbocycles. The van der Waals surface area contributed by atoms with Gasteiger partial charge in [0, 0.05) is 15.8 Å². The molecule has 0 spiro atoms. The number of sulfonamides is 1. The van der Waals surface area contributed by atoms with Crippen molar-refractivity contribution in [2.45, 2.75) is 22.8 Å². The van der Waals surface area contributed by atoms with E-state index in [0.717, 1.165) is 0 Å². The van der Waals surface area contributed by atoms with Crippen molar-refractivity contribution in [2.75, 3.05) is 12.8 Å². The highest BCUT2D eigenvalue weighted by molar-refractivity contribution is 9.10. The van der Waals surface area contributed by atoms with Crippen LogP contribution in [0.2, 0.25) is 0 Å². The second-order valence-electron chi connectivity index (χ2n) is 3.84. The van der Waals surface area contributed by atoms with Crippen LogP contribution < -0.4 is 4.72 Å². The molecule has 0 atom stereocenters. The lowest BCUT2D eigenvalue weighted by Crippen LogP contribution is -2.35. The fourth-order valence-corrected chi connectivity index (χ4v) is 4.78. The van der Waals surface area contributed by atoms with Crippen LogP contribution in [0.5, 0.6) is 0 Å². The Morgan fingerprint density at radius 2 is 2.19 bits per heavy atom. The Kier molecular flexibility index (Phi) is 4.88. The van der Waals surface area contributed by atoms with Gasteiger partial charge in [-0.15, -0.1) is 11.3 Å². The molecule has 0 amide bonds. The van der Waals surface area contributed by atoms with Crippen molar-refractivity contribution in [3.05, 3.63) is 15.9 Å². The molecular weight excluding hydrogens is 330 g/mol. The molecule has 1 heterocycles. The molecule has 0 saturated carbocycles. The van der Waals surface area contributed by atoms with Gasteiger partial charge in [-0.25, -0.2) is 13.1 Å². The molecule has 7 heteroatoms. The summed E-state index contributed by atoms with van der Waals surface area (Å²) in [6.07, 6.45) is 1.97. The molecule has 0 radical (unpaired) electrons. The van der Waals surface area contributed by atoms with Gasteiger partial charge in [0.1, 0.15) is 4.21 Å². The lowest BCUT2D eigenvalue weighted by Gasteiger charge is -2.21.